The standard InChI is InChI=1S/C16H18ClN3OS.2ClH/c1-10-15(22-11(2)19-10)16(21)20-7-6-18-9-14(20)12-4-3-5-13(17)8-12;;/h3-5,8,14,18H,6-7,9H2,1-2H3;2*1H. The Bertz CT molecular complexity index is 708. The second kappa shape index (κ2) is 9.02. The molecule has 2 heterocycles. The molecular weight excluding hydrogens is 389 g/mol. The molecule has 1 fully saturated rings. The molecule has 0 bridgehead atoms. The van der Waals surface area contributed by atoms with Crippen LogP contribution in [0, 0.1) is 13.8 Å². The molecule has 0 aliphatic carbocycles. The quantitative estimate of drug-likeness (QED) is 0.815. The number of hydrogen-bond donors (Lipinski definition) is 1. The minimum atomic E-state index is 0. The van der Waals surface area contributed by atoms with Crippen LogP contribution in [0.2, 0.25) is 5.02 Å². The van der Waals surface area contributed by atoms with Crippen molar-refractivity contribution in [3.63, 3.8) is 0 Å². The fraction of sp³-hybridized carbons (Fsp3) is 0.375. The molecule has 1 atom stereocenters. The number of aryl methyl sites for hydroxylation is 2. The Kier molecular flexibility index (Phi) is 7.96. The average Bonchev–Trinajstić information content (AvgIpc) is 2.85. The van der Waals surface area contributed by atoms with E-state index >= 15 is 0 Å². The van der Waals surface area contributed by atoms with Crippen LogP contribution in [0.15, 0.2) is 24.3 Å². The summed E-state index contributed by atoms with van der Waals surface area (Å²) in [6.07, 6.45) is 0. The van der Waals surface area contributed by atoms with Crippen molar-refractivity contribution in [3.8, 4) is 0 Å². The summed E-state index contributed by atoms with van der Waals surface area (Å²) in [5.41, 5.74) is 1.88. The number of aromatic nitrogens is 1. The molecule has 2 aromatic rings. The minimum Gasteiger partial charge on any atom is -0.328 e. The van der Waals surface area contributed by atoms with Crippen LogP contribution in [0.1, 0.15) is 32.0 Å². The van der Waals surface area contributed by atoms with Crippen molar-refractivity contribution in [2.45, 2.75) is 19.9 Å². The lowest BCUT2D eigenvalue weighted by molar-refractivity contribution is 0.0638. The Hall–Kier alpha value is -0.850. The van der Waals surface area contributed by atoms with Crippen molar-refractivity contribution < 1.29 is 4.79 Å². The van der Waals surface area contributed by atoms with Gasteiger partial charge in [-0.2, -0.15) is 0 Å². The topological polar surface area (TPSA) is 45.2 Å². The number of halogens is 3. The summed E-state index contributed by atoms with van der Waals surface area (Å²) in [6.45, 7) is 6.06. The molecule has 24 heavy (non-hydrogen) atoms. The molecule has 4 nitrogen and oxygen atoms in total. The maximum atomic E-state index is 12.9. The molecule has 1 aliphatic rings. The van der Waals surface area contributed by atoms with E-state index in [2.05, 4.69) is 10.3 Å². The number of hydrogen-bond acceptors (Lipinski definition) is 4. The van der Waals surface area contributed by atoms with Gasteiger partial charge in [-0.25, -0.2) is 4.98 Å². The number of thiazole rings is 1. The largest absolute Gasteiger partial charge is 0.328 e. The monoisotopic (exact) mass is 407 g/mol. The molecule has 1 aliphatic heterocycles. The Labute approximate surface area is 163 Å². The van der Waals surface area contributed by atoms with E-state index < -0.39 is 0 Å². The van der Waals surface area contributed by atoms with E-state index in [9.17, 15) is 4.79 Å². The number of piperazine rings is 1. The summed E-state index contributed by atoms with van der Waals surface area (Å²) in [5, 5.41) is 4.98. The highest BCUT2D eigenvalue weighted by molar-refractivity contribution is 7.13. The molecule has 132 valence electrons. The lowest BCUT2D eigenvalue weighted by atomic mass is 10.0. The number of nitrogens with zero attached hydrogens (tertiary/aromatic N) is 2. The van der Waals surface area contributed by atoms with E-state index in [0.717, 1.165) is 34.2 Å². The van der Waals surface area contributed by atoms with Gasteiger partial charge in [-0.05, 0) is 31.5 Å². The van der Waals surface area contributed by atoms with Gasteiger partial charge in [0.15, 0.2) is 0 Å². The first-order chi connectivity index (χ1) is 10.6. The van der Waals surface area contributed by atoms with E-state index in [-0.39, 0.29) is 36.8 Å². The van der Waals surface area contributed by atoms with Gasteiger partial charge in [0.1, 0.15) is 4.88 Å². The van der Waals surface area contributed by atoms with Crippen LogP contribution in [0.5, 0.6) is 0 Å². The summed E-state index contributed by atoms with van der Waals surface area (Å²) in [6, 6.07) is 7.74. The highest BCUT2D eigenvalue weighted by atomic mass is 35.5. The number of carbonyl (C=O) groups is 1. The summed E-state index contributed by atoms with van der Waals surface area (Å²) in [5.74, 6) is 0.0644. The zero-order chi connectivity index (χ0) is 15.7. The van der Waals surface area contributed by atoms with Crippen LogP contribution in [-0.4, -0.2) is 35.4 Å². The molecule has 1 saturated heterocycles. The predicted octanol–water partition coefficient (Wildman–Crippen LogP) is 4.04. The molecule has 1 unspecified atom stereocenters. The fourth-order valence-electron chi connectivity index (χ4n) is 2.82. The third-order valence-corrected chi connectivity index (χ3v) is 5.13. The van der Waals surface area contributed by atoms with Gasteiger partial charge in [-0.15, -0.1) is 36.2 Å². The zero-order valence-corrected chi connectivity index (χ0v) is 16.6. The van der Waals surface area contributed by atoms with Crippen molar-refractivity contribution >= 4 is 53.7 Å². The normalized spacial score (nSPS) is 17.0. The number of carbonyl (C=O) groups excluding carboxylic acids is 1. The molecule has 0 radical (unpaired) electrons. The van der Waals surface area contributed by atoms with E-state index in [4.69, 9.17) is 11.6 Å². The van der Waals surface area contributed by atoms with Crippen molar-refractivity contribution in [3.05, 3.63) is 50.4 Å². The van der Waals surface area contributed by atoms with Crippen molar-refractivity contribution in [2.75, 3.05) is 19.6 Å². The maximum Gasteiger partial charge on any atom is 0.266 e. The van der Waals surface area contributed by atoms with Gasteiger partial charge < -0.3 is 10.2 Å². The molecular formula is C16H20Cl3N3OS. The van der Waals surface area contributed by atoms with Gasteiger partial charge in [-0.1, -0.05) is 23.7 Å². The molecule has 1 aromatic heterocycles. The number of nitrogens with one attached hydrogen (secondary N) is 1. The summed E-state index contributed by atoms with van der Waals surface area (Å²) in [4.78, 5) is 20.0. The second-order valence-corrected chi connectivity index (χ2v) is 7.06. The van der Waals surface area contributed by atoms with Crippen molar-refractivity contribution in [1.29, 1.82) is 0 Å². The third-order valence-electron chi connectivity index (χ3n) is 3.84. The molecule has 1 aromatic carbocycles. The number of rotatable bonds is 2. The molecule has 0 saturated carbocycles. The highest BCUT2D eigenvalue weighted by Crippen LogP contribution is 2.28. The molecule has 8 heteroatoms. The van der Waals surface area contributed by atoms with E-state index in [1.165, 1.54) is 11.3 Å². The van der Waals surface area contributed by atoms with Gasteiger partial charge in [0.2, 0.25) is 0 Å². The summed E-state index contributed by atoms with van der Waals surface area (Å²) < 4.78 is 0. The van der Waals surface area contributed by atoms with Gasteiger partial charge in [0.05, 0.1) is 16.7 Å². The molecule has 0 spiro atoms. The Morgan fingerprint density at radius 2 is 2.12 bits per heavy atom. The van der Waals surface area contributed by atoms with E-state index in [0.29, 0.717) is 11.6 Å². The van der Waals surface area contributed by atoms with Crippen LogP contribution in [-0.2, 0) is 0 Å². The summed E-state index contributed by atoms with van der Waals surface area (Å²) >= 11 is 7.57. The Balaban J connectivity index is 0.00000144. The van der Waals surface area contributed by atoms with Crippen LogP contribution in [0.3, 0.4) is 0 Å². The van der Waals surface area contributed by atoms with Crippen molar-refractivity contribution in [1.82, 2.24) is 15.2 Å². The van der Waals surface area contributed by atoms with Crippen LogP contribution in [0.4, 0.5) is 0 Å². The van der Waals surface area contributed by atoms with Gasteiger partial charge in [-0.3, -0.25) is 4.79 Å². The smallest absolute Gasteiger partial charge is 0.266 e. The first kappa shape index (κ1) is 21.2. The highest BCUT2D eigenvalue weighted by Gasteiger charge is 2.30. The predicted molar refractivity (Wildman–Crippen MR) is 104 cm³/mol. The third kappa shape index (κ3) is 4.41. The summed E-state index contributed by atoms with van der Waals surface area (Å²) in [7, 11) is 0. The minimum absolute atomic E-state index is 0. The molecule has 3 rings (SSSR count). The lowest BCUT2D eigenvalue weighted by Gasteiger charge is -2.36. The SMILES string of the molecule is Cc1nc(C)c(C(=O)N2CCNCC2c2cccc(Cl)c2)s1.Cl.Cl. The average molecular weight is 409 g/mol. The van der Waals surface area contributed by atoms with Gasteiger partial charge in [0, 0.05) is 24.7 Å². The Morgan fingerprint density at radius 1 is 1.38 bits per heavy atom. The first-order valence-electron chi connectivity index (χ1n) is 7.27. The maximum absolute atomic E-state index is 12.9. The molecule has 1 amide bonds. The number of benzene rings is 1. The van der Waals surface area contributed by atoms with Crippen LogP contribution in [0.25, 0.3) is 0 Å². The van der Waals surface area contributed by atoms with Crippen LogP contribution >= 0.6 is 47.8 Å². The second-order valence-electron chi connectivity index (χ2n) is 5.42. The molecule has 1 N–H and O–H groups in total. The Morgan fingerprint density at radius 3 is 2.75 bits per heavy atom. The number of amides is 1. The fourth-order valence-corrected chi connectivity index (χ4v) is 3.89. The zero-order valence-electron chi connectivity index (χ0n) is 13.4. The first-order valence-corrected chi connectivity index (χ1v) is 8.47. The van der Waals surface area contributed by atoms with E-state index in [1.54, 1.807) is 0 Å². The lowest BCUT2D eigenvalue weighted by Crippen LogP contribution is -2.48. The van der Waals surface area contributed by atoms with Gasteiger partial charge >= 0.3 is 0 Å². The van der Waals surface area contributed by atoms with Crippen LogP contribution < -0.4 is 5.32 Å². The van der Waals surface area contributed by atoms with Gasteiger partial charge in [0.25, 0.3) is 5.91 Å². The van der Waals surface area contributed by atoms with E-state index in [1.807, 2.05) is 43.0 Å². The van der Waals surface area contributed by atoms with Crippen molar-refractivity contribution in [2.24, 2.45) is 0 Å².